The van der Waals surface area contributed by atoms with Crippen molar-refractivity contribution in [1.82, 2.24) is 0 Å². The minimum atomic E-state index is -0.655. The fourth-order valence-electron chi connectivity index (χ4n) is 2.12. The lowest BCUT2D eigenvalue weighted by atomic mass is 9.79. The van der Waals surface area contributed by atoms with E-state index in [0.717, 1.165) is 18.9 Å². The summed E-state index contributed by atoms with van der Waals surface area (Å²) < 4.78 is 4.91. The third-order valence-corrected chi connectivity index (χ3v) is 2.76. The first-order valence-corrected chi connectivity index (χ1v) is 5.70. The fourth-order valence-corrected chi connectivity index (χ4v) is 2.12. The molecule has 1 rings (SSSR count). The predicted octanol–water partition coefficient (Wildman–Crippen LogP) is 2.00. The first kappa shape index (κ1) is 12.7. The maximum Gasteiger partial charge on any atom is 0.316 e. The van der Waals surface area contributed by atoms with Crippen LogP contribution in [0.1, 0.15) is 33.1 Å². The molecule has 90 valence electrons. The van der Waals surface area contributed by atoms with Crippen molar-refractivity contribution in [3.8, 4) is 0 Å². The Labute approximate surface area is 95.3 Å². The van der Waals surface area contributed by atoms with Crippen molar-refractivity contribution in [1.29, 1.82) is 0 Å². The summed E-state index contributed by atoms with van der Waals surface area (Å²) in [6.07, 6.45) is 3.09. The van der Waals surface area contributed by atoms with Gasteiger partial charge >= 0.3 is 5.97 Å². The highest BCUT2D eigenvalue weighted by molar-refractivity contribution is 5.93. The van der Waals surface area contributed by atoms with Gasteiger partial charge < -0.3 is 9.84 Å². The summed E-state index contributed by atoms with van der Waals surface area (Å²) in [5.41, 5.74) is 0. The van der Waals surface area contributed by atoms with Crippen LogP contribution in [-0.2, 0) is 14.3 Å². The van der Waals surface area contributed by atoms with Gasteiger partial charge in [0.1, 0.15) is 11.7 Å². The average Bonchev–Trinajstić information content (AvgIpc) is 2.17. The van der Waals surface area contributed by atoms with Crippen molar-refractivity contribution >= 4 is 11.8 Å². The van der Waals surface area contributed by atoms with Gasteiger partial charge in [0.25, 0.3) is 0 Å². The summed E-state index contributed by atoms with van der Waals surface area (Å²) >= 11 is 0. The number of hydrogen-bond acceptors (Lipinski definition) is 4. The molecule has 1 aliphatic rings. The molecule has 0 amide bonds. The van der Waals surface area contributed by atoms with Gasteiger partial charge in [-0.25, -0.2) is 0 Å². The number of allylic oxidation sites excluding steroid dienone is 1. The lowest BCUT2D eigenvalue weighted by Gasteiger charge is -2.27. The minimum absolute atomic E-state index is 0.114. The second kappa shape index (κ2) is 5.68. The highest BCUT2D eigenvalue weighted by Crippen LogP contribution is 2.32. The number of hydrogen-bond donors (Lipinski definition) is 1. The number of carbonyl (C=O) groups is 2. The van der Waals surface area contributed by atoms with E-state index in [1.54, 1.807) is 6.92 Å². The van der Waals surface area contributed by atoms with Gasteiger partial charge in [-0.15, -0.1) is 0 Å². The van der Waals surface area contributed by atoms with Crippen LogP contribution in [0.25, 0.3) is 0 Å². The maximum atomic E-state index is 11.7. The Balaban J connectivity index is 2.85. The van der Waals surface area contributed by atoms with E-state index < -0.39 is 11.9 Å². The van der Waals surface area contributed by atoms with Crippen LogP contribution in [0.4, 0.5) is 0 Å². The zero-order valence-electron chi connectivity index (χ0n) is 9.73. The number of rotatable bonds is 4. The number of esters is 1. The molecule has 0 saturated heterocycles. The van der Waals surface area contributed by atoms with Crippen LogP contribution in [-0.4, -0.2) is 23.5 Å². The van der Waals surface area contributed by atoms with Crippen LogP contribution in [0.3, 0.4) is 0 Å². The molecule has 2 unspecified atom stereocenters. The molecule has 0 heterocycles. The zero-order valence-corrected chi connectivity index (χ0v) is 9.73. The molecule has 0 spiro atoms. The lowest BCUT2D eigenvalue weighted by molar-refractivity contribution is -0.150. The smallest absolute Gasteiger partial charge is 0.316 e. The second-order valence-electron chi connectivity index (χ2n) is 4.02. The SMILES string of the molecule is CCCC1CC(=O)C=C(O)C1C(=O)OCC. The molecule has 1 N–H and O–H groups in total. The van der Waals surface area contributed by atoms with E-state index in [0.29, 0.717) is 6.42 Å². The lowest BCUT2D eigenvalue weighted by Crippen LogP contribution is -2.32. The molecule has 0 fully saturated rings. The third-order valence-electron chi connectivity index (χ3n) is 2.76. The molecule has 16 heavy (non-hydrogen) atoms. The topological polar surface area (TPSA) is 63.6 Å². The van der Waals surface area contributed by atoms with E-state index in [9.17, 15) is 14.7 Å². The molecular weight excluding hydrogens is 208 g/mol. The fraction of sp³-hybridized carbons (Fsp3) is 0.667. The Kier molecular flexibility index (Phi) is 4.52. The van der Waals surface area contributed by atoms with Gasteiger partial charge in [0.15, 0.2) is 5.78 Å². The number of aliphatic hydroxyl groups is 1. The zero-order chi connectivity index (χ0) is 12.1. The largest absolute Gasteiger partial charge is 0.511 e. The van der Waals surface area contributed by atoms with Gasteiger partial charge in [-0.1, -0.05) is 13.3 Å². The van der Waals surface area contributed by atoms with E-state index in [1.165, 1.54) is 0 Å². The number of carbonyl (C=O) groups excluding carboxylic acids is 2. The Morgan fingerprint density at radius 3 is 2.81 bits per heavy atom. The molecule has 0 aromatic heterocycles. The van der Waals surface area contributed by atoms with Crippen LogP contribution in [0.2, 0.25) is 0 Å². The molecule has 1 aliphatic carbocycles. The number of ketones is 1. The maximum absolute atomic E-state index is 11.7. The highest BCUT2D eigenvalue weighted by Gasteiger charge is 2.37. The van der Waals surface area contributed by atoms with Crippen LogP contribution in [0.5, 0.6) is 0 Å². The van der Waals surface area contributed by atoms with Gasteiger partial charge in [-0.2, -0.15) is 0 Å². The van der Waals surface area contributed by atoms with Gasteiger partial charge in [0, 0.05) is 12.5 Å². The molecular formula is C12H18O4. The molecule has 0 aromatic rings. The third kappa shape index (κ3) is 2.84. The first-order valence-electron chi connectivity index (χ1n) is 5.70. The van der Waals surface area contributed by atoms with Crippen molar-refractivity contribution in [2.75, 3.05) is 6.61 Å². The molecule has 0 aromatic carbocycles. The van der Waals surface area contributed by atoms with Crippen LogP contribution >= 0.6 is 0 Å². The summed E-state index contributed by atoms with van der Waals surface area (Å²) in [7, 11) is 0. The Morgan fingerprint density at radius 1 is 1.56 bits per heavy atom. The number of aliphatic hydroxyl groups excluding tert-OH is 1. The van der Waals surface area contributed by atoms with Crippen molar-refractivity contribution < 1.29 is 19.4 Å². The Hall–Kier alpha value is -1.32. The number of ether oxygens (including phenoxy) is 1. The summed E-state index contributed by atoms with van der Waals surface area (Å²) in [6.45, 7) is 4.00. The Morgan fingerprint density at radius 2 is 2.25 bits per heavy atom. The molecule has 0 aliphatic heterocycles. The molecule has 0 saturated carbocycles. The summed E-state index contributed by atoms with van der Waals surface area (Å²) in [5.74, 6) is -1.47. The average molecular weight is 226 g/mol. The van der Waals surface area contributed by atoms with Crippen molar-refractivity contribution in [2.45, 2.75) is 33.1 Å². The highest BCUT2D eigenvalue weighted by atomic mass is 16.5. The van der Waals surface area contributed by atoms with Crippen LogP contribution in [0.15, 0.2) is 11.8 Å². The first-order chi connectivity index (χ1) is 7.60. The van der Waals surface area contributed by atoms with Crippen molar-refractivity contribution in [2.24, 2.45) is 11.8 Å². The second-order valence-corrected chi connectivity index (χ2v) is 4.02. The van der Waals surface area contributed by atoms with Gasteiger partial charge in [0.05, 0.1) is 6.61 Å². The van der Waals surface area contributed by atoms with Gasteiger partial charge in [-0.05, 0) is 19.3 Å². The van der Waals surface area contributed by atoms with Gasteiger partial charge in [-0.3, -0.25) is 9.59 Å². The van der Waals surface area contributed by atoms with Crippen molar-refractivity contribution in [3.05, 3.63) is 11.8 Å². The molecule has 0 radical (unpaired) electrons. The standard InChI is InChI=1S/C12H18O4/c1-3-5-8-6-9(13)7-10(14)11(8)12(15)16-4-2/h7-8,11,14H,3-6H2,1-2H3. The van der Waals surface area contributed by atoms with Gasteiger partial charge in [0.2, 0.25) is 0 Å². The summed E-state index contributed by atoms with van der Waals surface area (Å²) in [6, 6.07) is 0. The van der Waals surface area contributed by atoms with Crippen LogP contribution in [0, 0.1) is 11.8 Å². The van der Waals surface area contributed by atoms with E-state index >= 15 is 0 Å². The molecule has 4 nitrogen and oxygen atoms in total. The molecule has 4 heteroatoms. The summed E-state index contributed by atoms with van der Waals surface area (Å²) in [4.78, 5) is 23.0. The summed E-state index contributed by atoms with van der Waals surface area (Å²) in [5, 5.41) is 9.67. The minimum Gasteiger partial charge on any atom is -0.511 e. The van der Waals surface area contributed by atoms with E-state index in [-0.39, 0.29) is 24.1 Å². The van der Waals surface area contributed by atoms with E-state index in [4.69, 9.17) is 4.74 Å². The van der Waals surface area contributed by atoms with E-state index in [2.05, 4.69) is 0 Å². The van der Waals surface area contributed by atoms with Crippen LogP contribution < -0.4 is 0 Å². The molecule has 2 atom stereocenters. The normalized spacial score (nSPS) is 25.1. The Bertz CT molecular complexity index is 306. The molecule has 0 bridgehead atoms. The van der Waals surface area contributed by atoms with E-state index in [1.807, 2.05) is 6.92 Å². The monoisotopic (exact) mass is 226 g/mol. The quantitative estimate of drug-likeness (QED) is 0.745. The van der Waals surface area contributed by atoms with Crippen molar-refractivity contribution in [3.63, 3.8) is 0 Å². The predicted molar refractivity (Wildman–Crippen MR) is 58.9 cm³/mol.